The zero-order valence-electron chi connectivity index (χ0n) is 7.23. The number of hydrogen-bond acceptors (Lipinski definition) is 2. The van der Waals surface area contributed by atoms with Crippen molar-refractivity contribution in [2.75, 3.05) is 0 Å². The summed E-state index contributed by atoms with van der Waals surface area (Å²) in [6, 6.07) is 0. The molecule has 1 heterocycles. The van der Waals surface area contributed by atoms with Crippen LogP contribution in [0, 0.1) is 6.85 Å². The molecule has 0 aliphatic heterocycles. The van der Waals surface area contributed by atoms with Crippen molar-refractivity contribution in [3.05, 3.63) is 21.6 Å². The van der Waals surface area contributed by atoms with Crippen LogP contribution in [0.4, 0.5) is 0 Å². The average Bonchev–Trinajstić information content (AvgIpc) is 1.92. The lowest BCUT2D eigenvalue weighted by atomic mass is 10.5. The lowest BCUT2D eigenvalue weighted by molar-refractivity contribution is 1.08. The maximum atomic E-state index is 7.06. The first kappa shape index (κ1) is 3.88. The molecule has 0 saturated heterocycles. The molecule has 0 unspecified atom stereocenters. The maximum Gasteiger partial charge on any atom is 0.222 e. The Morgan fingerprint density at radius 3 is 3.22 bits per heavy atom. The van der Waals surface area contributed by atoms with Crippen molar-refractivity contribution in [1.29, 1.82) is 0 Å². The lowest BCUT2D eigenvalue weighted by Crippen LogP contribution is -1.85. The molecule has 0 saturated carbocycles. The number of hydrogen-bond donors (Lipinski definition) is 0. The van der Waals surface area contributed by atoms with Gasteiger partial charge in [0.25, 0.3) is 0 Å². The molecule has 9 heavy (non-hydrogen) atoms. The molecule has 0 spiro atoms. The van der Waals surface area contributed by atoms with Crippen LogP contribution in [0.15, 0.2) is 10.7 Å². The van der Waals surface area contributed by atoms with Crippen LogP contribution in [0.25, 0.3) is 0 Å². The van der Waals surface area contributed by atoms with Crippen LogP contribution in [0.2, 0.25) is 5.28 Å². The van der Waals surface area contributed by atoms with Crippen molar-refractivity contribution in [2.45, 2.75) is 6.85 Å². The molecule has 0 fully saturated rings. The van der Waals surface area contributed by atoms with Gasteiger partial charge in [0, 0.05) is 10.3 Å². The van der Waals surface area contributed by atoms with Crippen LogP contribution in [-0.2, 0) is 0 Å². The predicted octanol–water partition coefficient (Wildman–Crippen LogP) is 2.20. The summed E-state index contributed by atoms with van der Waals surface area (Å²) < 4.78 is 21.5. The number of aryl methyl sites for hydroxylation is 1. The molecule has 0 bridgehead atoms. The Bertz CT molecular complexity index is 301. The standard InChI is InChI=1S/C5H4BrClN2/c1-3-4(6)2-8-5(7)9-3/h2H,1H3/i1D3. The van der Waals surface area contributed by atoms with E-state index in [1.807, 2.05) is 0 Å². The van der Waals surface area contributed by atoms with E-state index in [1.165, 1.54) is 6.20 Å². The maximum absolute atomic E-state index is 7.06. The van der Waals surface area contributed by atoms with Gasteiger partial charge in [0.15, 0.2) is 0 Å². The van der Waals surface area contributed by atoms with Gasteiger partial charge in [0.1, 0.15) is 0 Å². The summed E-state index contributed by atoms with van der Waals surface area (Å²) in [5.74, 6) is 0. The van der Waals surface area contributed by atoms with E-state index in [4.69, 9.17) is 15.7 Å². The van der Waals surface area contributed by atoms with Gasteiger partial charge in [-0.3, -0.25) is 0 Å². The van der Waals surface area contributed by atoms with Crippen molar-refractivity contribution in [2.24, 2.45) is 0 Å². The molecule has 0 radical (unpaired) electrons. The molecule has 1 aromatic rings. The zero-order valence-corrected chi connectivity index (χ0v) is 6.57. The Labute approximate surface area is 70.6 Å². The van der Waals surface area contributed by atoms with E-state index in [0.29, 0.717) is 4.47 Å². The van der Waals surface area contributed by atoms with Crippen molar-refractivity contribution in [3.63, 3.8) is 0 Å². The smallest absolute Gasteiger partial charge is 0.222 e. The van der Waals surface area contributed by atoms with E-state index in [1.54, 1.807) is 0 Å². The number of rotatable bonds is 0. The average molecular weight is 210 g/mol. The van der Waals surface area contributed by atoms with E-state index in [0.717, 1.165) is 0 Å². The van der Waals surface area contributed by atoms with Crippen molar-refractivity contribution in [3.8, 4) is 0 Å². The van der Waals surface area contributed by atoms with Crippen LogP contribution < -0.4 is 0 Å². The Kier molecular flexibility index (Phi) is 1.13. The summed E-state index contributed by atoms with van der Waals surface area (Å²) in [4.78, 5) is 7.20. The van der Waals surface area contributed by atoms with Gasteiger partial charge in [-0.05, 0) is 34.4 Å². The highest BCUT2D eigenvalue weighted by Gasteiger charge is 1.95. The summed E-state index contributed by atoms with van der Waals surface area (Å²) >= 11 is 8.45. The second kappa shape index (κ2) is 2.62. The van der Waals surface area contributed by atoms with Gasteiger partial charge < -0.3 is 0 Å². The molecule has 1 rings (SSSR count). The molecule has 0 aliphatic carbocycles. The highest BCUT2D eigenvalue weighted by molar-refractivity contribution is 9.10. The van der Waals surface area contributed by atoms with Crippen molar-refractivity contribution in [1.82, 2.24) is 9.97 Å². The molecule has 1 aromatic heterocycles. The Morgan fingerprint density at radius 2 is 2.67 bits per heavy atom. The first-order valence-corrected chi connectivity index (χ1v) is 3.27. The number of halogens is 2. The van der Waals surface area contributed by atoms with Crippen LogP contribution >= 0.6 is 27.5 Å². The monoisotopic (exact) mass is 209 g/mol. The highest BCUT2D eigenvalue weighted by Crippen LogP contribution is 2.12. The van der Waals surface area contributed by atoms with Gasteiger partial charge >= 0.3 is 0 Å². The second-order valence-corrected chi connectivity index (χ2v) is 2.53. The van der Waals surface area contributed by atoms with Gasteiger partial charge in [0.2, 0.25) is 5.28 Å². The molecule has 4 heteroatoms. The molecule has 2 nitrogen and oxygen atoms in total. The lowest BCUT2D eigenvalue weighted by Gasteiger charge is -1.93. The SMILES string of the molecule is [2H]C([2H])([2H])c1nc(Cl)ncc1Br. The van der Waals surface area contributed by atoms with Gasteiger partial charge in [-0.15, -0.1) is 0 Å². The first-order valence-electron chi connectivity index (χ1n) is 3.60. The van der Waals surface area contributed by atoms with E-state index >= 15 is 0 Å². The number of nitrogens with zero attached hydrogens (tertiary/aromatic N) is 2. The van der Waals surface area contributed by atoms with Gasteiger partial charge in [0.05, 0.1) is 10.2 Å². The molecule has 0 atom stereocenters. The minimum atomic E-state index is -2.26. The normalized spacial score (nSPS) is 16.0. The van der Waals surface area contributed by atoms with E-state index in [9.17, 15) is 0 Å². The predicted molar refractivity (Wildman–Crippen MR) is 39.5 cm³/mol. The van der Waals surface area contributed by atoms with Crippen LogP contribution in [0.1, 0.15) is 9.81 Å². The van der Waals surface area contributed by atoms with Crippen LogP contribution in [0.5, 0.6) is 0 Å². The molecule has 48 valence electrons. The Balaban J connectivity index is 3.23. The minimum absolute atomic E-state index is 0.0654. The largest absolute Gasteiger partial charge is 0.225 e. The Morgan fingerprint density at radius 1 is 1.89 bits per heavy atom. The van der Waals surface area contributed by atoms with Gasteiger partial charge in [-0.25, -0.2) is 9.97 Å². The quantitative estimate of drug-likeness (QED) is 0.614. The summed E-state index contributed by atoms with van der Waals surface area (Å²) in [7, 11) is 0. The van der Waals surface area contributed by atoms with Crippen LogP contribution in [0.3, 0.4) is 0 Å². The fraction of sp³-hybridized carbons (Fsp3) is 0.200. The highest BCUT2D eigenvalue weighted by atomic mass is 79.9. The van der Waals surface area contributed by atoms with Gasteiger partial charge in [-0.1, -0.05) is 0 Å². The summed E-state index contributed by atoms with van der Waals surface area (Å²) in [6.07, 6.45) is 1.32. The molecular formula is C5H4BrClN2. The topological polar surface area (TPSA) is 25.8 Å². The summed E-state index contributed by atoms with van der Waals surface area (Å²) in [5, 5.41) is -0.0654. The minimum Gasteiger partial charge on any atom is -0.225 e. The summed E-state index contributed by atoms with van der Waals surface area (Å²) in [6.45, 7) is -2.26. The van der Waals surface area contributed by atoms with E-state index < -0.39 is 6.85 Å². The van der Waals surface area contributed by atoms with Crippen LogP contribution in [-0.4, -0.2) is 9.97 Å². The molecule has 0 amide bonds. The Hall–Kier alpha value is -0.150. The van der Waals surface area contributed by atoms with Crippen molar-refractivity contribution >= 4 is 27.5 Å². The third-order valence-corrected chi connectivity index (χ3v) is 1.48. The first-order chi connectivity index (χ1) is 5.41. The molecule has 0 aliphatic rings. The van der Waals surface area contributed by atoms with Gasteiger partial charge in [-0.2, -0.15) is 0 Å². The fourth-order valence-electron chi connectivity index (χ4n) is 0.346. The van der Waals surface area contributed by atoms with E-state index in [2.05, 4.69) is 25.9 Å². The van der Waals surface area contributed by atoms with Crippen molar-refractivity contribution < 1.29 is 4.11 Å². The third kappa shape index (κ3) is 1.63. The second-order valence-electron chi connectivity index (χ2n) is 1.34. The molecule has 0 aromatic carbocycles. The zero-order chi connectivity index (χ0) is 9.35. The third-order valence-electron chi connectivity index (χ3n) is 0.715. The fourth-order valence-corrected chi connectivity index (χ4v) is 0.670. The molecule has 0 N–H and O–H groups in total. The number of aromatic nitrogens is 2. The van der Waals surface area contributed by atoms with E-state index in [-0.39, 0.29) is 11.0 Å². The molecular weight excluding hydrogens is 203 g/mol. The summed E-state index contributed by atoms with van der Waals surface area (Å²) in [5.41, 5.74) is -0.0671.